The summed E-state index contributed by atoms with van der Waals surface area (Å²) in [7, 11) is 0. The van der Waals surface area contributed by atoms with Crippen molar-refractivity contribution in [3.05, 3.63) is 29.2 Å². The van der Waals surface area contributed by atoms with E-state index in [-0.39, 0.29) is 0 Å². The lowest BCUT2D eigenvalue weighted by molar-refractivity contribution is -0.138. The van der Waals surface area contributed by atoms with Crippen molar-refractivity contribution in [1.82, 2.24) is 14.6 Å². The molecule has 0 saturated heterocycles. The number of rotatable bonds is 2. The minimum Gasteiger partial charge on any atom is -0.481 e. The van der Waals surface area contributed by atoms with Crippen molar-refractivity contribution in [2.75, 3.05) is 0 Å². The van der Waals surface area contributed by atoms with Gasteiger partial charge >= 0.3 is 5.97 Å². The maximum absolute atomic E-state index is 10.9. The number of fused-ring (bicyclic) bond motifs is 1. The summed E-state index contributed by atoms with van der Waals surface area (Å²) in [5.74, 6) is -1.49. The van der Waals surface area contributed by atoms with Crippen molar-refractivity contribution in [3.63, 3.8) is 0 Å². The van der Waals surface area contributed by atoms with Crippen LogP contribution in [0.2, 0.25) is 0 Å². The Kier molecular flexibility index (Phi) is 2.38. The number of carboxylic acid groups (broad SMARTS) is 1. The van der Waals surface area contributed by atoms with Crippen LogP contribution in [0.5, 0.6) is 0 Å². The van der Waals surface area contributed by atoms with Crippen LogP contribution < -0.4 is 0 Å². The lowest BCUT2D eigenvalue weighted by Crippen LogP contribution is -2.08. The molecule has 0 aliphatic carbocycles. The third-order valence-electron chi connectivity index (χ3n) is 2.80. The molecular formula is C11H13N3O2. The Balaban J connectivity index is 2.60. The van der Waals surface area contributed by atoms with Crippen LogP contribution in [-0.4, -0.2) is 25.7 Å². The molecule has 0 radical (unpaired) electrons. The average molecular weight is 219 g/mol. The van der Waals surface area contributed by atoms with Gasteiger partial charge in [0.2, 0.25) is 0 Å². The summed E-state index contributed by atoms with van der Waals surface area (Å²) in [5, 5.41) is 13.2. The number of hydrogen-bond donors (Lipinski definition) is 1. The molecule has 84 valence electrons. The molecule has 5 nitrogen and oxygen atoms in total. The fourth-order valence-electron chi connectivity index (χ4n) is 1.49. The van der Waals surface area contributed by atoms with Gasteiger partial charge in [0.05, 0.1) is 11.6 Å². The topological polar surface area (TPSA) is 67.5 Å². The highest BCUT2D eigenvalue weighted by atomic mass is 16.4. The second-order valence-electron chi connectivity index (χ2n) is 3.93. The monoisotopic (exact) mass is 219 g/mol. The number of aliphatic carboxylic acids is 1. The predicted molar refractivity (Wildman–Crippen MR) is 58.5 cm³/mol. The van der Waals surface area contributed by atoms with E-state index in [0.29, 0.717) is 11.3 Å². The van der Waals surface area contributed by atoms with E-state index >= 15 is 0 Å². The van der Waals surface area contributed by atoms with Gasteiger partial charge in [-0.05, 0) is 26.3 Å². The first-order valence-electron chi connectivity index (χ1n) is 5.05. The fourth-order valence-corrected chi connectivity index (χ4v) is 1.49. The van der Waals surface area contributed by atoms with Crippen molar-refractivity contribution in [2.24, 2.45) is 0 Å². The quantitative estimate of drug-likeness (QED) is 0.831. The maximum atomic E-state index is 10.9. The number of nitrogens with zero attached hydrogens (tertiary/aromatic N) is 3. The summed E-state index contributed by atoms with van der Waals surface area (Å²) >= 11 is 0. The zero-order valence-corrected chi connectivity index (χ0v) is 9.43. The second-order valence-corrected chi connectivity index (χ2v) is 3.93. The molecule has 0 aromatic carbocycles. The molecule has 2 heterocycles. The molecule has 0 spiro atoms. The van der Waals surface area contributed by atoms with Crippen molar-refractivity contribution in [3.8, 4) is 0 Å². The molecular weight excluding hydrogens is 206 g/mol. The van der Waals surface area contributed by atoms with Crippen LogP contribution in [0.15, 0.2) is 12.3 Å². The summed E-state index contributed by atoms with van der Waals surface area (Å²) in [6, 6.07) is 1.71. The number of hydrogen-bond acceptors (Lipinski definition) is 3. The van der Waals surface area contributed by atoms with Gasteiger partial charge in [-0.2, -0.15) is 5.10 Å². The molecule has 1 atom stereocenters. The van der Waals surface area contributed by atoms with Gasteiger partial charge in [0.15, 0.2) is 5.65 Å². The van der Waals surface area contributed by atoms with Gasteiger partial charge in [-0.15, -0.1) is 0 Å². The predicted octanol–water partition coefficient (Wildman–Crippen LogP) is 1.53. The Bertz CT molecular complexity index is 560. The standard InChI is InChI=1S/C11H13N3O2/c1-6-5-12-10-4-9(7(2)11(15)16)13-14(10)8(6)3/h4-5,7H,1-3H3,(H,15,16). The maximum Gasteiger partial charge on any atom is 0.312 e. The van der Waals surface area contributed by atoms with Crippen LogP contribution in [0, 0.1) is 13.8 Å². The van der Waals surface area contributed by atoms with Crippen molar-refractivity contribution >= 4 is 11.6 Å². The molecule has 2 aromatic heterocycles. The van der Waals surface area contributed by atoms with Gasteiger partial charge in [0, 0.05) is 18.0 Å². The Labute approximate surface area is 92.7 Å². The molecule has 0 aliphatic heterocycles. The van der Waals surface area contributed by atoms with Crippen LogP contribution in [0.25, 0.3) is 5.65 Å². The fraction of sp³-hybridized carbons (Fsp3) is 0.364. The van der Waals surface area contributed by atoms with Gasteiger partial charge in [-0.1, -0.05) is 0 Å². The highest BCUT2D eigenvalue weighted by Gasteiger charge is 2.18. The lowest BCUT2D eigenvalue weighted by atomic mass is 10.1. The molecule has 2 rings (SSSR count). The number of carboxylic acids is 1. The van der Waals surface area contributed by atoms with Crippen LogP contribution >= 0.6 is 0 Å². The van der Waals surface area contributed by atoms with Crippen molar-refractivity contribution < 1.29 is 9.90 Å². The summed E-state index contributed by atoms with van der Waals surface area (Å²) in [6.45, 7) is 5.50. The van der Waals surface area contributed by atoms with E-state index in [1.165, 1.54) is 0 Å². The minimum absolute atomic E-state index is 0.536. The zero-order chi connectivity index (χ0) is 11.9. The second kappa shape index (κ2) is 3.59. The molecule has 0 bridgehead atoms. The van der Waals surface area contributed by atoms with Gasteiger partial charge in [-0.3, -0.25) is 4.79 Å². The third kappa shape index (κ3) is 1.54. The lowest BCUT2D eigenvalue weighted by Gasteiger charge is -2.01. The molecule has 0 saturated carbocycles. The molecule has 5 heteroatoms. The normalized spacial score (nSPS) is 12.9. The number of carbonyl (C=O) groups is 1. The summed E-state index contributed by atoms with van der Waals surface area (Å²) in [5.41, 5.74) is 3.24. The highest BCUT2D eigenvalue weighted by molar-refractivity contribution is 5.75. The molecule has 16 heavy (non-hydrogen) atoms. The van der Waals surface area contributed by atoms with Crippen LogP contribution in [0.4, 0.5) is 0 Å². The Morgan fingerprint density at radius 3 is 2.81 bits per heavy atom. The molecule has 0 fully saturated rings. The number of aromatic nitrogens is 3. The summed E-state index contributed by atoms with van der Waals surface area (Å²) in [6.07, 6.45) is 1.77. The van der Waals surface area contributed by atoms with Gasteiger partial charge < -0.3 is 5.11 Å². The first-order chi connectivity index (χ1) is 7.50. The van der Waals surface area contributed by atoms with Gasteiger partial charge in [0.1, 0.15) is 0 Å². The minimum atomic E-state index is -0.877. The first-order valence-corrected chi connectivity index (χ1v) is 5.05. The van der Waals surface area contributed by atoms with E-state index in [9.17, 15) is 4.79 Å². The Hall–Kier alpha value is -1.91. The summed E-state index contributed by atoms with van der Waals surface area (Å²) < 4.78 is 1.68. The van der Waals surface area contributed by atoms with Gasteiger partial charge in [0.25, 0.3) is 0 Å². The number of aryl methyl sites for hydroxylation is 2. The van der Waals surface area contributed by atoms with Crippen LogP contribution in [0.1, 0.15) is 29.8 Å². The van der Waals surface area contributed by atoms with Crippen LogP contribution in [-0.2, 0) is 4.79 Å². The highest BCUT2D eigenvalue weighted by Crippen LogP contribution is 2.17. The van der Waals surface area contributed by atoms with E-state index < -0.39 is 11.9 Å². The Morgan fingerprint density at radius 1 is 1.50 bits per heavy atom. The average Bonchev–Trinajstić information content (AvgIpc) is 2.67. The molecule has 2 aromatic rings. The Morgan fingerprint density at radius 2 is 2.19 bits per heavy atom. The smallest absolute Gasteiger partial charge is 0.312 e. The van der Waals surface area contributed by atoms with Crippen molar-refractivity contribution in [2.45, 2.75) is 26.7 Å². The molecule has 1 unspecified atom stereocenters. The molecule has 0 amide bonds. The largest absolute Gasteiger partial charge is 0.481 e. The van der Waals surface area contributed by atoms with E-state index in [4.69, 9.17) is 5.11 Å². The van der Waals surface area contributed by atoms with E-state index in [1.54, 1.807) is 23.7 Å². The SMILES string of the molecule is Cc1cnc2cc(C(C)C(=O)O)nn2c1C. The van der Waals surface area contributed by atoms with E-state index in [0.717, 1.165) is 11.3 Å². The van der Waals surface area contributed by atoms with E-state index in [1.807, 2.05) is 13.8 Å². The third-order valence-corrected chi connectivity index (χ3v) is 2.80. The molecule has 1 N–H and O–H groups in total. The molecule has 0 aliphatic rings. The summed E-state index contributed by atoms with van der Waals surface area (Å²) in [4.78, 5) is 15.1. The zero-order valence-electron chi connectivity index (χ0n) is 9.43. The van der Waals surface area contributed by atoms with Crippen molar-refractivity contribution in [1.29, 1.82) is 0 Å². The van der Waals surface area contributed by atoms with Crippen LogP contribution in [0.3, 0.4) is 0 Å². The van der Waals surface area contributed by atoms with Gasteiger partial charge in [-0.25, -0.2) is 9.50 Å². The van der Waals surface area contributed by atoms with E-state index in [2.05, 4.69) is 10.1 Å². The first kappa shape index (κ1) is 10.6.